The quantitative estimate of drug-likeness (QED) is 0.526. The lowest BCUT2D eigenvalue weighted by atomic mass is 10.1. The number of halogens is 3. The van der Waals surface area contributed by atoms with E-state index in [0.29, 0.717) is 9.50 Å². The van der Waals surface area contributed by atoms with Crippen molar-refractivity contribution in [2.75, 3.05) is 24.3 Å². The molecule has 0 aromatic heterocycles. The van der Waals surface area contributed by atoms with Gasteiger partial charge < -0.3 is 9.64 Å². The molecular formula is C13H12BrCl2NO5S. The Labute approximate surface area is 151 Å². The first-order valence-electron chi connectivity index (χ1n) is 6.42. The van der Waals surface area contributed by atoms with Crippen LogP contribution in [0.2, 0.25) is 5.02 Å². The Morgan fingerprint density at radius 1 is 1.48 bits per heavy atom. The third kappa shape index (κ3) is 4.37. The van der Waals surface area contributed by atoms with Gasteiger partial charge in [0.2, 0.25) is 15.0 Å². The second-order valence-electron chi connectivity index (χ2n) is 5.06. The minimum Gasteiger partial charge on any atom is -0.465 e. The van der Waals surface area contributed by atoms with Gasteiger partial charge in [-0.3, -0.25) is 4.79 Å². The number of amides is 1. The zero-order chi connectivity index (χ0) is 17.4. The predicted molar refractivity (Wildman–Crippen MR) is 90.6 cm³/mol. The monoisotopic (exact) mass is 443 g/mol. The first-order valence-corrected chi connectivity index (χ1v) is 10.1. The van der Waals surface area contributed by atoms with Crippen LogP contribution in [0.25, 0.3) is 0 Å². The van der Waals surface area contributed by atoms with Gasteiger partial charge in [-0.25, -0.2) is 13.2 Å². The summed E-state index contributed by atoms with van der Waals surface area (Å²) in [7, 11) is 2.76. The van der Waals surface area contributed by atoms with Crippen LogP contribution in [0.3, 0.4) is 0 Å². The highest BCUT2D eigenvalue weighted by atomic mass is 79.9. The number of anilines is 1. The molecule has 1 fully saturated rings. The lowest BCUT2D eigenvalue weighted by molar-refractivity contribution is -0.117. The summed E-state index contributed by atoms with van der Waals surface area (Å²) in [5.74, 6) is -1.69. The Bertz CT molecular complexity index is 768. The van der Waals surface area contributed by atoms with E-state index in [-0.39, 0.29) is 35.9 Å². The van der Waals surface area contributed by atoms with Crippen LogP contribution in [-0.4, -0.2) is 39.7 Å². The van der Waals surface area contributed by atoms with Crippen molar-refractivity contribution in [2.45, 2.75) is 6.42 Å². The van der Waals surface area contributed by atoms with Gasteiger partial charge >= 0.3 is 5.97 Å². The molecule has 6 nitrogen and oxygen atoms in total. The molecule has 2 rings (SSSR count). The zero-order valence-corrected chi connectivity index (χ0v) is 15.8. The fourth-order valence-corrected chi connectivity index (χ4v) is 4.26. The molecule has 1 heterocycles. The van der Waals surface area contributed by atoms with Crippen LogP contribution in [-0.2, 0) is 18.6 Å². The molecule has 0 saturated carbocycles. The van der Waals surface area contributed by atoms with Gasteiger partial charge in [-0.15, -0.1) is 0 Å². The lowest BCUT2D eigenvalue weighted by Gasteiger charge is -2.20. The maximum absolute atomic E-state index is 12.2. The molecule has 0 spiro atoms. The van der Waals surface area contributed by atoms with Gasteiger partial charge in [-0.2, -0.15) is 0 Å². The number of esters is 1. The summed E-state index contributed by atoms with van der Waals surface area (Å²) >= 11 is 9.26. The molecule has 1 aromatic rings. The van der Waals surface area contributed by atoms with Crippen molar-refractivity contribution in [1.29, 1.82) is 0 Å². The fourth-order valence-electron chi connectivity index (χ4n) is 2.44. The van der Waals surface area contributed by atoms with Crippen LogP contribution >= 0.6 is 38.2 Å². The average Bonchev–Trinajstić information content (AvgIpc) is 2.78. The number of carbonyl (C=O) groups is 2. The number of carbonyl (C=O) groups excluding carboxylic acids is 2. The molecular weight excluding hydrogens is 433 g/mol. The van der Waals surface area contributed by atoms with Crippen molar-refractivity contribution in [1.82, 2.24) is 0 Å². The number of methoxy groups -OCH3 is 1. The predicted octanol–water partition coefficient (Wildman–Crippen LogP) is 2.81. The molecule has 0 radical (unpaired) electrons. The zero-order valence-electron chi connectivity index (χ0n) is 11.9. The summed E-state index contributed by atoms with van der Waals surface area (Å²) in [4.78, 5) is 25.5. The first-order chi connectivity index (χ1) is 10.6. The first kappa shape index (κ1) is 18.5. The summed E-state index contributed by atoms with van der Waals surface area (Å²) in [6.45, 7) is 0.132. The van der Waals surface area contributed by atoms with E-state index in [1.807, 2.05) is 0 Å². The largest absolute Gasteiger partial charge is 0.465 e. The van der Waals surface area contributed by atoms with E-state index < -0.39 is 20.9 Å². The van der Waals surface area contributed by atoms with Crippen molar-refractivity contribution < 1.29 is 22.7 Å². The fraction of sp³-hybridized carbons (Fsp3) is 0.385. The molecule has 1 aliphatic heterocycles. The van der Waals surface area contributed by atoms with Crippen molar-refractivity contribution in [3.05, 3.63) is 27.2 Å². The molecule has 0 N–H and O–H groups in total. The summed E-state index contributed by atoms with van der Waals surface area (Å²) in [5.41, 5.74) is 0.441. The van der Waals surface area contributed by atoms with Crippen LogP contribution in [0.4, 0.5) is 5.69 Å². The Morgan fingerprint density at radius 2 is 2.13 bits per heavy atom. The van der Waals surface area contributed by atoms with Gasteiger partial charge in [0.1, 0.15) is 0 Å². The minimum absolute atomic E-state index is 0.0280. The van der Waals surface area contributed by atoms with Gasteiger partial charge in [-0.1, -0.05) is 11.6 Å². The summed E-state index contributed by atoms with van der Waals surface area (Å²) in [6.07, 6.45) is 0.0280. The molecule has 0 aliphatic carbocycles. The van der Waals surface area contributed by atoms with Crippen molar-refractivity contribution in [2.24, 2.45) is 5.92 Å². The number of hydrogen-bond acceptors (Lipinski definition) is 5. The van der Waals surface area contributed by atoms with E-state index in [2.05, 4.69) is 15.9 Å². The maximum atomic E-state index is 12.2. The molecule has 23 heavy (non-hydrogen) atoms. The Balaban J connectivity index is 2.40. The molecule has 10 heteroatoms. The number of nitrogens with zero attached hydrogens (tertiary/aromatic N) is 1. The molecule has 1 saturated heterocycles. The van der Waals surface area contributed by atoms with E-state index in [0.717, 1.165) is 0 Å². The van der Waals surface area contributed by atoms with Gasteiger partial charge in [0.25, 0.3) is 0 Å². The van der Waals surface area contributed by atoms with Crippen molar-refractivity contribution in [3.8, 4) is 0 Å². The van der Waals surface area contributed by atoms with Crippen LogP contribution in [0.15, 0.2) is 16.6 Å². The maximum Gasteiger partial charge on any atom is 0.340 e. The van der Waals surface area contributed by atoms with Crippen LogP contribution in [0.1, 0.15) is 16.8 Å². The van der Waals surface area contributed by atoms with E-state index in [9.17, 15) is 18.0 Å². The standard InChI is InChI=1S/C13H12BrCl2NO5S/c1-22-13(19)8-3-9(14)10(15)4-11(8)17-5-7(2-12(17)18)6-23(16,20)21/h3-4,7H,2,5-6H2,1H3. The lowest BCUT2D eigenvalue weighted by Crippen LogP contribution is -2.27. The van der Waals surface area contributed by atoms with E-state index in [1.165, 1.54) is 24.1 Å². The molecule has 1 aromatic carbocycles. The molecule has 126 valence electrons. The molecule has 1 atom stereocenters. The third-order valence-corrected chi connectivity index (χ3v) is 5.82. The van der Waals surface area contributed by atoms with Crippen molar-refractivity contribution >= 4 is 64.8 Å². The van der Waals surface area contributed by atoms with Crippen LogP contribution in [0, 0.1) is 5.92 Å². The highest BCUT2D eigenvalue weighted by Crippen LogP contribution is 2.35. The normalized spacial score (nSPS) is 18.3. The Kier molecular flexibility index (Phi) is 5.60. The SMILES string of the molecule is COC(=O)c1cc(Br)c(Cl)cc1N1CC(CS(=O)(=O)Cl)CC1=O. The molecule has 0 bridgehead atoms. The van der Waals surface area contributed by atoms with Crippen LogP contribution in [0.5, 0.6) is 0 Å². The second-order valence-corrected chi connectivity index (χ2v) is 9.14. The van der Waals surface area contributed by atoms with E-state index in [1.54, 1.807) is 0 Å². The molecule has 1 aliphatic rings. The number of rotatable bonds is 4. The number of benzene rings is 1. The van der Waals surface area contributed by atoms with Crippen LogP contribution < -0.4 is 4.90 Å². The minimum atomic E-state index is -3.71. The highest BCUT2D eigenvalue weighted by molar-refractivity contribution is 9.10. The van der Waals surface area contributed by atoms with E-state index in [4.69, 9.17) is 27.0 Å². The molecule has 1 unspecified atom stereocenters. The van der Waals surface area contributed by atoms with Crippen molar-refractivity contribution in [3.63, 3.8) is 0 Å². The number of ether oxygens (including phenoxy) is 1. The van der Waals surface area contributed by atoms with Gasteiger partial charge in [0.05, 0.1) is 29.1 Å². The highest BCUT2D eigenvalue weighted by Gasteiger charge is 2.35. The van der Waals surface area contributed by atoms with Gasteiger partial charge in [0, 0.05) is 34.0 Å². The summed E-state index contributed by atoms with van der Waals surface area (Å²) in [6, 6.07) is 2.93. The summed E-state index contributed by atoms with van der Waals surface area (Å²) < 4.78 is 27.6. The topological polar surface area (TPSA) is 80.8 Å². The smallest absolute Gasteiger partial charge is 0.340 e. The van der Waals surface area contributed by atoms with Gasteiger partial charge in [-0.05, 0) is 28.1 Å². The van der Waals surface area contributed by atoms with Gasteiger partial charge in [0.15, 0.2) is 0 Å². The Morgan fingerprint density at radius 3 is 2.70 bits per heavy atom. The van der Waals surface area contributed by atoms with E-state index >= 15 is 0 Å². The second kappa shape index (κ2) is 6.96. The Hall–Kier alpha value is -0.830. The third-order valence-electron chi connectivity index (χ3n) is 3.37. The number of hydrogen-bond donors (Lipinski definition) is 0. The molecule has 1 amide bonds. The average molecular weight is 445 g/mol. The summed E-state index contributed by atoms with van der Waals surface area (Å²) in [5, 5.41) is 0.314.